The molecule has 0 radical (unpaired) electrons. The number of hydrogen-bond acceptors (Lipinski definition) is 5. The van der Waals surface area contributed by atoms with Crippen LogP contribution in [0.3, 0.4) is 0 Å². The smallest absolute Gasteiger partial charge is 0.253 e. The molecular weight excluding hydrogens is 368 g/mol. The molecule has 162 valence electrons. The third-order valence-electron chi connectivity index (χ3n) is 4.68. The molecule has 1 saturated heterocycles. The number of anilines is 2. The van der Waals surface area contributed by atoms with Crippen molar-refractivity contribution in [3.8, 4) is 0 Å². The van der Waals surface area contributed by atoms with Crippen LogP contribution in [0.5, 0.6) is 0 Å². The van der Waals surface area contributed by atoms with E-state index in [1.807, 2.05) is 24.3 Å². The Labute approximate surface area is 174 Å². The Morgan fingerprint density at radius 2 is 1.93 bits per heavy atom. The van der Waals surface area contributed by atoms with Gasteiger partial charge in [-0.25, -0.2) is 0 Å². The highest BCUT2D eigenvalue weighted by atomic mass is 16.5. The number of amides is 2. The molecule has 0 spiro atoms. The number of nitrogens with one attached hydrogen (secondary N) is 1. The molecule has 0 unspecified atom stereocenters. The number of nitrogens with two attached hydrogens (primary N) is 1. The Morgan fingerprint density at radius 3 is 2.45 bits per heavy atom. The molecule has 1 aliphatic heterocycles. The lowest BCUT2D eigenvalue weighted by Gasteiger charge is -2.36. The van der Waals surface area contributed by atoms with Gasteiger partial charge < -0.3 is 20.7 Å². The quantitative estimate of drug-likeness (QED) is 0.694. The molecule has 2 amide bonds. The van der Waals surface area contributed by atoms with Crippen LogP contribution >= 0.6 is 0 Å². The van der Waals surface area contributed by atoms with Gasteiger partial charge in [0, 0.05) is 37.6 Å². The highest BCUT2D eigenvalue weighted by Crippen LogP contribution is 2.21. The molecular formula is C22H36N4O3. The van der Waals surface area contributed by atoms with E-state index >= 15 is 0 Å². The van der Waals surface area contributed by atoms with Crippen LogP contribution in [-0.4, -0.2) is 62.1 Å². The van der Waals surface area contributed by atoms with Crippen molar-refractivity contribution in [2.45, 2.75) is 40.7 Å². The third kappa shape index (κ3) is 7.10. The van der Waals surface area contributed by atoms with Gasteiger partial charge >= 0.3 is 0 Å². The van der Waals surface area contributed by atoms with Crippen molar-refractivity contribution in [1.29, 1.82) is 0 Å². The Kier molecular flexibility index (Phi) is 8.19. The molecule has 0 saturated carbocycles. The minimum atomic E-state index is -0.392. The topological polar surface area (TPSA) is 87.9 Å². The molecule has 0 bridgehead atoms. The predicted molar refractivity (Wildman–Crippen MR) is 117 cm³/mol. The van der Waals surface area contributed by atoms with Crippen molar-refractivity contribution in [2.75, 3.05) is 49.6 Å². The molecule has 7 nitrogen and oxygen atoms in total. The van der Waals surface area contributed by atoms with Crippen LogP contribution in [0.4, 0.5) is 11.4 Å². The molecule has 1 fully saturated rings. The van der Waals surface area contributed by atoms with Gasteiger partial charge in [0.25, 0.3) is 5.91 Å². The Balaban J connectivity index is 2.08. The van der Waals surface area contributed by atoms with Gasteiger partial charge in [0.15, 0.2) is 0 Å². The van der Waals surface area contributed by atoms with Gasteiger partial charge in [0.05, 0.1) is 6.61 Å². The molecule has 7 heteroatoms. The maximum Gasteiger partial charge on any atom is 0.253 e. The first-order valence-electron chi connectivity index (χ1n) is 10.3. The van der Waals surface area contributed by atoms with E-state index in [4.69, 9.17) is 10.5 Å². The summed E-state index contributed by atoms with van der Waals surface area (Å²) >= 11 is 0. The van der Waals surface area contributed by atoms with Crippen LogP contribution in [0.2, 0.25) is 0 Å². The van der Waals surface area contributed by atoms with Crippen molar-refractivity contribution < 1.29 is 14.3 Å². The molecule has 1 aromatic rings. The molecule has 0 aromatic heterocycles. The summed E-state index contributed by atoms with van der Waals surface area (Å²) in [5.41, 5.74) is 7.56. The molecule has 1 atom stereocenters. The second-order valence-corrected chi connectivity index (χ2v) is 9.27. The van der Waals surface area contributed by atoms with Crippen LogP contribution in [0.1, 0.15) is 34.6 Å². The lowest BCUT2D eigenvalue weighted by Crippen LogP contribution is -2.52. The highest BCUT2D eigenvalue weighted by molar-refractivity contribution is 5.97. The normalized spacial score (nSPS) is 16.4. The Morgan fingerprint density at radius 1 is 1.28 bits per heavy atom. The predicted octanol–water partition coefficient (Wildman–Crippen LogP) is 2.32. The second kappa shape index (κ2) is 10.2. The fraction of sp³-hybridized carbons (Fsp3) is 0.636. The molecule has 3 N–H and O–H groups in total. The molecule has 1 heterocycles. The van der Waals surface area contributed by atoms with Crippen LogP contribution < -0.4 is 16.0 Å². The zero-order chi connectivity index (χ0) is 21.6. The number of rotatable bonds is 8. The van der Waals surface area contributed by atoms with Crippen molar-refractivity contribution in [1.82, 2.24) is 4.90 Å². The summed E-state index contributed by atoms with van der Waals surface area (Å²) in [4.78, 5) is 28.8. The van der Waals surface area contributed by atoms with Gasteiger partial charge in [-0.2, -0.15) is 0 Å². The van der Waals surface area contributed by atoms with E-state index in [-0.39, 0.29) is 30.4 Å². The number of ether oxygens (including phenoxy) is 1. The minimum absolute atomic E-state index is 0.0530. The van der Waals surface area contributed by atoms with E-state index < -0.39 is 6.04 Å². The van der Waals surface area contributed by atoms with E-state index in [0.29, 0.717) is 24.8 Å². The van der Waals surface area contributed by atoms with Gasteiger partial charge in [0.2, 0.25) is 5.91 Å². The fourth-order valence-electron chi connectivity index (χ4n) is 3.54. The van der Waals surface area contributed by atoms with Crippen LogP contribution in [-0.2, 0) is 14.3 Å². The molecule has 1 aromatic carbocycles. The maximum atomic E-state index is 13.0. The number of morpholine rings is 1. The van der Waals surface area contributed by atoms with E-state index in [0.717, 1.165) is 18.8 Å². The van der Waals surface area contributed by atoms with Gasteiger partial charge in [-0.15, -0.1) is 0 Å². The van der Waals surface area contributed by atoms with E-state index in [1.165, 1.54) is 0 Å². The summed E-state index contributed by atoms with van der Waals surface area (Å²) in [6.07, 6.45) is 0. The van der Waals surface area contributed by atoms with E-state index in [9.17, 15) is 9.59 Å². The highest BCUT2D eigenvalue weighted by Gasteiger charge is 2.29. The number of benzene rings is 1. The summed E-state index contributed by atoms with van der Waals surface area (Å²) in [5, 5.41) is 2.99. The molecule has 0 aliphatic carbocycles. The Hall–Kier alpha value is -1.96. The summed E-state index contributed by atoms with van der Waals surface area (Å²) in [6.45, 7) is 13.8. The Bertz CT molecular complexity index is 682. The van der Waals surface area contributed by atoms with Crippen LogP contribution in [0, 0.1) is 11.3 Å². The maximum absolute atomic E-state index is 13.0. The standard InChI is InChI=1S/C22H36N4O3/c1-16(2)13-25(15-22(3,4)5)19(12-23)21(28)24-17-6-8-18(9-7-17)26-10-11-29-14-20(26)27/h6-9,16,19H,10-15,23H2,1-5H3,(H,24,28)/t19-/m0/s1. The van der Waals surface area contributed by atoms with Gasteiger partial charge in [-0.1, -0.05) is 34.6 Å². The number of nitrogens with zero attached hydrogens (tertiary/aromatic N) is 2. The number of hydrogen-bond donors (Lipinski definition) is 2. The summed E-state index contributed by atoms with van der Waals surface area (Å²) in [6, 6.07) is 6.94. The SMILES string of the molecule is CC(C)CN(CC(C)(C)C)[C@@H](CN)C(=O)Nc1ccc(N2CCOCC2=O)cc1. The third-order valence-corrected chi connectivity index (χ3v) is 4.68. The van der Waals surface area contributed by atoms with Crippen molar-refractivity contribution in [3.05, 3.63) is 24.3 Å². The fourth-order valence-corrected chi connectivity index (χ4v) is 3.54. The number of carbonyl (C=O) groups is 2. The van der Waals surface area contributed by atoms with Crippen molar-refractivity contribution in [3.63, 3.8) is 0 Å². The molecule has 2 rings (SSSR count). The summed E-state index contributed by atoms with van der Waals surface area (Å²) in [5.74, 6) is 0.278. The minimum Gasteiger partial charge on any atom is -0.370 e. The average molecular weight is 405 g/mol. The van der Waals surface area contributed by atoms with Gasteiger partial charge in [0.1, 0.15) is 12.6 Å². The van der Waals surface area contributed by atoms with E-state index in [2.05, 4.69) is 44.8 Å². The average Bonchev–Trinajstić information content (AvgIpc) is 2.61. The largest absolute Gasteiger partial charge is 0.370 e. The first kappa shape index (κ1) is 23.3. The lowest BCUT2D eigenvalue weighted by atomic mass is 9.94. The molecule has 29 heavy (non-hydrogen) atoms. The first-order chi connectivity index (χ1) is 13.6. The van der Waals surface area contributed by atoms with Crippen molar-refractivity contribution >= 4 is 23.2 Å². The lowest BCUT2D eigenvalue weighted by molar-refractivity contribution is -0.125. The zero-order valence-electron chi connectivity index (χ0n) is 18.4. The number of carbonyl (C=O) groups excluding carboxylic acids is 2. The summed E-state index contributed by atoms with van der Waals surface area (Å²) < 4.78 is 5.17. The summed E-state index contributed by atoms with van der Waals surface area (Å²) in [7, 11) is 0. The first-order valence-corrected chi connectivity index (χ1v) is 10.3. The van der Waals surface area contributed by atoms with E-state index in [1.54, 1.807) is 4.90 Å². The zero-order valence-corrected chi connectivity index (χ0v) is 18.4. The van der Waals surface area contributed by atoms with Crippen LogP contribution in [0.25, 0.3) is 0 Å². The monoisotopic (exact) mass is 404 g/mol. The van der Waals surface area contributed by atoms with Gasteiger partial charge in [-0.05, 0) is 35.6 Å². The van der Waals surface area contributed by atoms with Gasteiger partial charge in [-0.3, -0.25) is 14.5 Å². The van der Waals surface area contributed by atoms with Crippen LogP contribution in [0.15, 0.2) is 24.3 Å². The van der Waals surface area contributed by atoms with Crippen molar-refractivity contribution in [2.24, 2.45) is 17.1 Å². The second-order valence-electron chi connectivity index (χ2n) is 9.27. The molecule has 1 aliphatic rings.